The van der Waals surface area contributed by atoms with Crippen LogP contribution in [0, 0.1) is 0 Å². The summed E-state index contributed by atoms with van der Waals surface area (Å²) in [6.45, 7) is 0.353. The Kier molecular flexibility index (Phi) is 5.87. The van der Waals surface area contributed by atoms with Crippen LogP contribution < -0.4 is 15.4 Å². The second-order valence-corrected chi connectivity index (χ2v) is 9.18. The molecule has 0 saturated heterocycles. The molecule has 5 rings (SSSR count). The minimum Gasteiger partial charge on any atom is -0.477 e. The van der Waals surface area contributed by atoms with Gasteiger partial charge in [-0.1, -0.05) is 48.8 Å². The number of carboxylic acids is 1. The number of fused-ring (bicyclic) bond motifs is 3. The number of ether oxygens (including phenoxy) is 1. The van der Waals surface area contributed by atoms with E-state index in [1.807, 2.05) is 36.4 Å². The van der Waals surface area contributed by atoms with Crippen LogP contribution in [0.2, 0.25) is 0 Å². The van der Waals surface area contributed by atoms with Crippen molar-refractivity contribution >= 4 is 38.5 Å². The molecule has 2 aromatic heterocycles. The van der Waals surface area contributed by atoms with Gasteiger partial charge in [-0.15, -0.1) is 0 Å². The van der Waals surface area contributed by atoms with E-state index >= 15 is 0 Å². The van der Waals surface area contributed by atoms with Gasteiger partial charge in [-0.05, 0) is 31.0 Å². The summed E-state index contributed by atoms with van der Waals surface area (Å²) in [4.78, 5) is 28.6. The van der Waals surface area contributed by atoms with Crippen LogP contribution in [0.15, 0.2) is 48.7 Å². The highest BCUT2D eigenvalue weighted by Gasteiger charge is 2.17. The topological polar surface area (TPSA) is 105 Å². The number of thiazole rings is 1. The molecule has 170 valence electrons. The monoisotopic (exact) mass is 464 g/mol. The number of nitrogens with zero attached hydrogens (tertiary/aromatic N) is 2. The number of nitrogens with one attached hydrogen (secondary N) is 2. The molecule has 1 aliphatic carbocycles. The van der Waals surface area contributed by atoms with Gasteiger partial charge in [-0.2, -0.15) is 0 Å². The lowest BCUT2D eigenvalue weighted by atomic mass is 9.96. The van der Waals surface area contributed by atoms with Crippen molar-refractivity contribution in [1.82, 2.24) is 20.0 Å². The predicted octanol–water partition coefficient (Wildman–Crippen LogP) is 5.17. The average Bonchev–Trinajstić information content (AvgIpc) is 3.38. The SMILES string of the molecule is O=C(NCc1ccccc1Oc1ccc2c(c1)sc1ncc(C(=O)O)n12)NC1CCCCC1. The summed E-state index contributed by atoms with van der Waals surface area (Å²) in [5.74, 6) is 0.266. The van der Waals surface area contributed by atoms with Crippen molar-refractivity contribution in [2.24, 2.45) is 0 Å². The normalized spacial score (nSPS) is 14.4. The minimum absolute atomic E-state index is 0.132. The van der Waals surface area contributed by atoms with Crippen molar-refractivity contribution < 1.29 is 19.4 Å². The summed E-state index contributed by atoms with van der Waals surface area (Å²) < 4.78 is 8.65. The van der Waals surface area contributed by atoms with Crippen LogP contribution >= 0.6 is 11.3 Å². The van der Waals surface area contributed by atoms with E-state index in [-0.39, 0.29) is 17.8 Å². The maximum absolute atomic E-state index is 12.3. The summed E-state index contributed by atoms with van der Waals surface area (Å²) >= 11 is 1.40. The van der Waals surface area contributed by atoms with Crippen molar-refractivity contribution in [2.75, 3.05) is 0 Å². The Morgan fingerprint density at radius 3 is 2.79 bits per heavy atom. The Hall–Kier alpha value is -3.59. The molecule has 0 bridgehead atoms. The first-order chi connectivity index (χ1) is 16.1. The molecule has 1 saturated carbocycles. The van der Waals surface area contributed by atoms with Crippen LogP contribution in [0.25, 0.3) is 15.2 Å². The summed E-state index contributed by atoms with van der Waals surface area (Å²) in [5.41, 5.74) is 1.77. The van der Waals surface area contributed by atoms with Crippen molar-refractivity contribution in [3.05, 3.63) is 59.9 Å². The molecule has 9 heteroatoms. The number of amides is 2. The summed E-state index contributed by atoms with van der Waals surface area (Å²) in [6, 6.07) is 13.2. The third-order valence-corrected chi connectivity index (χ3v) is 6.92. The van der Waals surface area contributed by atoms with Gasteiger partial charge in [-0.3, -0.25) is 4.40 Å². The van der Waals surface area contributed by atoms with Crippen LogP contribution in [-0.2, 0) is 6.54 Å². The summed E-state index contributed by atoms with van der Waals surface area (Å²) in [6.07, 6.45) is 7.02. The third kappa shape index (κ3) is 4.49. The molecule has 4 aromatic rings. The zero-order valence-electron chi connectivity index (χ0n) is 17.9. The molecule has 2 aromatic carbocycles. The quantitative estimate of drug-likeness (QED) is 0.365. The molecule has 0 atom stereocenters. The van der Waals surface area contributed by atoms with E-state index in [9.17, 15) is 14.7 Å². The summed E-state index contributed by atoms with van der Waals surface area (Å²) in [7, 11) is 0. The number of carboxylic acid groups (broad SMARTS) is 1. The second-order valence-electron chi connectivity index (χ2n) is 8.17. The van der Waals surface area contributed by atoms with Crippen LogP contribution in [0.5, 0.6) is 11.5 Å². The first-order valence-corrected chi connectivity index (χ1v) is 11.8. The molecule has 1 fully saturated rings. The second kappa shape index (κ2) is 9.11. The van der Waals surface area contributed by atoms with E-state index in [2.05, 4.69) is 15.6 Å². The maximum Gasteiger partial charge on any atom is 0.354 e. The standard InChI is InChI=1S/C24H24N4O4S/c29-22(30)19-14-26-24-28(19)18-11-10-17(12-21(18)33-24)32-20-9-5-4-6-15(20)13-25-23(31)27-16-7-2-1-3-8-16/h4-6,9-12,14,16H,1-3,7-8,13H2,(H,29,30)(H2,25,27,31). The van der Waals surface area contributed by atoms with Crippen molar-refractivity contribution in [2.45, 2.75) is 44.7 Å². The molecular weight excluding hydrogens is 440 g/mol. The van der Waals surface area contributed by atoms with Gasteiger partial charge >= 0.3 is 12.0 Å². The fraction of sp³-hybridized carbons (Fsp3) is 0.292. The maximum atomic E-state index is 12.3. The number of hydrogen-bond acceptors (Lipinski definition) is 5. The highest BCUT2D eigenvalue weighted by molar-refractivity contribution is 7.23. The molecule has 2 heterocycles. The smallest absolute Gasteiger partial charge is 0.354 e. The molecular formula is C24H24N4O4S. The number of urea groups is 1. The minimum atomic E-state index is -1.02. The molecule has 33 heavy (non-hydrogen) atoms. The number of rotatable bonds is 6. The van der Waals surface area contributed by atoms with Gasteiger partial charge in [-0.25, -0.2) is 14.6 Å². The van der Waals surface area contributed by atoms with Gasteiger partial charge in [0.1, 0.15) is 11.5 Å². The number of benzene rings is 2. The van der Waals surface area contributed by atoms with Gasteiger partial charge in [0.15, 0.2) is 10.7 Å². The van der Waals surface area contributed by atoms with Crippen LogP contribution in [0.1, 0.15) is 48.2 Å². The number of carbonyl (C=O) groups excluding carboxylic acids is 1. The lowest BCUT2D eigenvalue weighted by Gasteiger charge is -2.23. The lowest BCUT2D eigenvalue weighted by molar-refractivity contribution is 0.0690. The highest BCUT2D eigenvalue weighted by atomic mass is 32.1. The molecule has 1 aliphatic rings. The van der Waals surface area contributed by atoms with Crippen LogP contribution in [0.3, 0.4) is 0 Å². The largest absolute Gasteiger partial charge is 0.477 e. The first-order valence-electron chi connectivity index (χ1n) is 11.0. The Morgan fingerprint density at radius 1 is 1.15 bits per heavy atom. The Morgan fingerprint density at radius 2 is 1.97 bits per heavy atom. The molecule has 8 nitrogen and oxygen atoms in total. The fourth-order valence-corrected chi connectivity index (χ4v) is 5.28. The predicted molar refractivity (Wildman–Crippen MR) is 126 cm³/mol. The van der Waals surface area contributed by atoms with E-state index in [1.165, 1.54) is 36.8 Å². The Balaban J connectivity index is 1.30. The van der Waals surface area contributed by atoms with Crippen molar-refractivity contribution in [3.63, 3.8) is 0 Å². The first kappa shape index (κ1) is 21.3. The zero-order valence-corrected chi connectivity index (χ0v) is 18.7. The average molecular weight is 465 g/mol. The number of carbonyl (C=O) groups is 2. The molecule has 0 radical (unpaired) electrons. The molecule has 2 amide bonds. The molecule has 0 unspecified atom stereocenters. The van der Waals surface area contributed by atoms with Gasteiger partial charge in [0.25, 0.3) is 0 Å². The number of aromatic carboxylic acids is 1. The Bertz CT molecular complexity index is 1320. The summed E-state index contributed by atoms with van der Waals surface area (Å²) in [5, 5.41) is 15.4. The van der Waals surface area contributed by atoms with Crippen LogP contribution in [-0.4, -0.2) is 32.5 Å². The van der Waals surface area contributed by atoms with E-state index in [0.29, 0.717) is 23.0 Å². The van der Waals surface area contributed by atoms with Gasteiger partial charge < -0.3 is 20.5 Å². The zero-order chi connectivity index (χ0) is 22.8. The molecule has 3 N–H and O–H groups in total. The van der Waals surface area contributed by atoms with E-state index in [0.717, 1.165) is 28.6 Å². The fourth-order valence-electron chi connectivity index (χ4n) is 4.25. The Labute approximate surface area is 194 Å². The van der Waals surface area contributed by atoms with E-state index in [4.69, 9.17) is 4.74 Å². The number of aromatic nitrogens is 2. The third-order valence-electron chi connectivity index (χ3n) is 5.90. The number of hydrogen-bond donors (Lipinski definition) is 3. The number of imidazole rings is 1. The van der Waals surface area contributed by atoms with Crippen LogP contribution in [0.4, 0.5) is 4.79 Å². The lowest BCUT2D eigenvalue weighted by Crippen LogP contribution is -2.42. The van der Waals surface area contributed by atoms with E-state index in [1.54, 1.807) is 10.5 Å². The van der Waals surface area contributed by atoms with Gasteiger partial charge in [0.05, 0.1) is 16.4 Å². The van der Waals surface area contributed by atoms with E-state index < -0.39 is 5.97 Å². The van der Waals surface area contributed by atoms with Crippen molar-refractivity contribution in [1.29, 1.82) is 0 Å². The molecule has 0 aliphatic heterocycles. The highest BCUT2D eigenvalue weighted by Crippen LogP contribution is 2.33. The molecule has 0 spiro atoms. The van der Waals surface area contributed by atoms with Gasteiger partial charge in [0.2, 0.25) is 0 Å². The van der Waals surface area contributed by atoms with Gasteiger partial charge in [0, 0.05) is 24.2 Å². The number of para-hydroxylation sites is 1. The van der Waals surface area contributed by atoms with Crippen molar-refractivity contribution in [3.8, 4) is 11.5 Å².